The van der Waals surface area contributed by atoms with Crippen LogP contribution in [0, 0.1) is 0 Å². The van der Waals surface area contributed by atoms with E-state index in [-0.39, 0.29) is 6.54 Å². The van der Waals surface area contributed by atoms with Crippen LogP contribution in [0.15, 0.2) is 0 Å². The van der Waals surface area contributed by atoms with Crippen LogP contribution < -0.4 is 5.32 Å². The lowest BCUT2D eigenvalue weighted by molar-refractivity contribution is -0.148. The van der Waals surface area contributed by atoms with E-state index in [2.05, 4.69) is 20.4 Å². The van der Waals surface area contributed by atoms with E-state index in [4.69, 9.17) is 4.74 Å². The molecule has 1 aromatic heterocycles. The van der Waals surface area contributed by atoms with Gasteiger partial charge in [0.1, 0.15) is 5.82 Å². The summed E-state index contributed by atoms with van der Waals surface area (Å²) in [6, 6.07) is 0. The van der Waals surface area contributed by atoms with Crippen molar-refractivity contribution in [1.82, 2.24) is 25.0 Å². The van der Waals surface area contributed by atoms with Gasteiger partial charge in [-0.15, -0.1) is 10.2 Å². The molecule has 0 fully saturated rings. The summed E-state index contributed by atoms with van der Waals surface area (Å²) in [6.45, 7) is 6.86. The summed E-state index contributed by atoms with van der Waals surface area (Å²) in [7, 11) is 0. The number of hydrogen-bond acceptors (Lipinski definition) is 5. The van der Waals surface area contributed by atoms with Crippen molar-refractivity contribution in [1.29, 1.82) is 0 Å². The molecule has 2 rings (SSSR count). The predicted octanol–water partition coefficient (Wildman–Crippen LogP) is 0.739. The van der Waals surface area contributed by atoms with Crippen molar-refractivity contribution in [2.45, 2.75) is 26.2 Å². The van der Waals surface area contributed by atoms with Gasteiger partial charge in [-0.1, -0.05) is 0 Å². The minimum Gasteiger partial charge on any atom is -0.380 e. The molecule has 0 aliphatic carbocycles. The highest BCUT2D eigenvalue weighted by Crippen LogP contribution is 2.29. The zero-order valence-electron chi connectivity index (χ0n) is 12.0. The summed E-state index contributed by atoms with van der Waals surface area (Å²) in [6.07, 6.45) is -4.44. The van der Waals surface area contributed by atoms with Crippen molar-refractivity contribution in [3.05, 3.63) is 11.6 Å². The monoisotopic (exact) mass is 307 g/mol. The number of nitrogens with zero attached hydrogens (tertiary/aromatic N) is 4. The maximum atomic E-state index is 12.7. The van der Waals surface area contributed by atoms with Crippen molar-refractivity contribution < 1.29 is 17.9 Å². The van der Waals surface area contributed by atoms with Crippen LogP contribution in [0.4, 0.5) is 13.2 Å². The predicted molar refractivity (Wildman–Crippen MR) is 69.7 cm³/mol. The molecule has 1 aliphatic heterocycles. The van der Waals surface area contributed by atoms with E-state index in [1.54, 1.807) is 0 Å². The van der Waals surface area contributed by atoms with Crippen LogP contribution in [0.2, 0.25) is 0 Å². The number of ether oxygens (including phenoxy) is 1. The van der Waals surface area contributed by atoms with Gasteiger partial charge in [0.15, 0.2) is 0 Å². The van der Waals surface area contributed by atoms with Crippen LogP contribution in [-0.4, -0.2) is 59.1 Å². The van der Waals surface area contributed by atoms with E-state index in [0.29, 0.717) is 32.1 Å². The Morgan fingerprint density at radius 3 is 2.76 bits per heavy atom. The van der Waals surface area contributed by atoms with Crippen molar-refractivity contribution in [2.75, 3.05) is 39.4 Å². The second-order valence-electron chi connectivity index (χ2n) is 4.81. The molecule has 1 aliphatic rings. The third-order valence-corrected chi connectivity index (χ3v) is 3.32. The highest BCUT2D eigenvalue weighted by molar-refractivity contribution is 5.02. The first-order valence-electron chi connectivity index (χ1n) is 7.02. The SMILES string of the molecule is CCOCCNCCN1CCn2c(nnc2C(F)(F)F)C1. The quantitative estimate of drug-likeness (QED) is 0.753. The molecule has 120 valence electrons. The fourth-order valence-corrected chi connectivity index (χ4v) is 2.26. The Labute approximate surface area is 121 Å². The van der Waals surface area contributed by atoms with E-state index in [9.17, 15) is 13.2 Å². The van der Waals surface area contributed by atoms with Crippen molar-refractivity contribution in [2.24, 2.45) is 0 Å². The second-order valence-corrected chi connectivity index (χ2v) is 4.81. The normalized spacial score (nSPS) is 16.2. The van der Waals surface area contributed by atoms with Gasteiger partial charge in [-0.25, -0.2) is 0 Å². The molecule has 2 heterocycles. The van der Waals surface area contributed by atoms with Gasteiger partial charge in [0.05, 0.1) is 13.2 Å². The standard InChI is InChI=1S/C12H20F3N5O/c1-2-21-8-4-16-3-5-19-6-7-20-10(9-19)17-18-11(20)12(13,14)15/h16H,2-9H2,1H3. The first-order valence-corrected chi connectivity index (χ1v) is 7.02. The molecule has 6 nitrogen and oxygen atoms in total. The Morgan fingerprint density at radius 1 is 1.24 bits per heavy atom. The average Bonchev–Trinajstić information content (AvgIpc) is 2.85. The van der Waals surface area contributed by atoms with Gasteiger partial charge in [0, 0.05) is 39.3 Å². The van der Waals surface area contributed by atoms with Crippen LogP contribution in [0.5, 0.6) is 0 Å². The summed E-state index contributed by atoms with van der Waals surface area (Å²) >= 11 is 0. The van der Waals surface area contributed by atoms with Crippen LogP contribution in [0.3, 0.4) is 0 Å². The Balaban J connectivity index is 1.77. The third-order valence-electron chi connectivity index (χ3n) is 3.32. The zero-order chi connectivity index (χ0) is 15.3. The minimum atomic E-state index is -4.44. The Kier molecular flexibility index (Phi) is 5.54. The molecule has 0 spiro atoms. The first-order chi connectivity index (χ1) is 10.0. The molecule has 0 amide bonds. The van der Waals surface area contributed by atoms with E-state index in [1.165, 1.54) is 4.57 Å². The second kappa shape index (κ2) is 7.19. The lowest BCUT2D eigenvalue weighted by Crippen LogP contribution is -2.39. The number of fused-ring (bicyclic) bond motifs is 1. The minimum absolute atomic E-state index is 0.274. The number of hydrogen-bond donors (Lipinski definition) is 1. The lowest BCUT2D eigenvalue weighted by Gasteiger charge is -2.27. The Hall–Kier alpha value is -1.19. The van der Waals surface area contributed by atoms with Gasteiger partial charge >= 0.3 is 6.18 Å². The molecule has 21 heavy (non-hydrogen) atoms. The fraction of sp³-hybridized carbons (Fsp3) is 0.833. The van der Waals surface area contributed by atoms with Crippen molar-refractivity contribution >= 4 is 0 Å². The molecule has 9 heteroatoms. The van der Waals surface area contributed by atoms with E-state index < -0.39 is 12.0 Å². The number of alkyl halides is 3. The van der Waals surface area contributed by atoms with Gasteiger partial charge < -0.3 is 14.6 Å². The van der Waals surface area contributed by atoms with Gasteiger partial charge in [0.25, 0.3) is 0 Å². The third kappa shape index (κ3) is 4.39. The molecule has 1 aromatic rings. The van der Waals surface area contributed by atoms with Crippen LogP contribution >= 0.6 is 0 Å². The topological polar surface area (TPSA) is 55.2 Å². The van der Waals surface area contributed by atoms with Gasteiger partial charge in [-0.3, -0.25) is 4.90 Å². The maximum absolute atomic E-state index is 12.7. The van der Waals surface area contributed by atoms with E-state index in [1.807, 2.05) is 6.92 Å². The molecule has 0 bridgehead atoms. The summed E-state index contributed by atoms with van der Waals surface area (Å²) < 4.78 is 44.5. The maximum Gasteiger partial charge on any atom is 0.451 e. The average molecular weight is 307 g/mol. The number of halogens is 3. The molecule has 0 atom stereocenters. The van der Waals surface area contributed by atoms with Crippen molar-refractivity contribution in [3.8, 4) is 0 Å². The highest BCUT2D eigenvalue weighted by atomic mass is 19.4. The molecule has 0 aromatic carbocycles. The molecule has 0 saturated heterocycles. The molecule has 0 unspecified atom stereocenters. The molecule has 1 N–H and O–H groups in total. The van der Waals surface area contributed by atoms with E-state index >= 15 is 0 Å². The van der Waals surface area contributed by atoms with Crippen molar-refractivity contribution in [3.63, 3.8) is 0 Å². The zero-order valence-corrected chi connectivity index (χ0v) is 12.0. The highest BCUT2D eigenvalue weighted by Gasteiger charge is 2.39. The summed E-state index contributed by atoms with van der Waals surface area (Å²) in [5, 5.41) is 10.1. The van der Waals surface area contributed by atoms with Crippen LogP contribution in [0.1, 0.15) is 18.6 Å². The lowest BCUT2D eigenvalue weighted by atomic mass is 10.3. The Morgan fingerprint density at radius 2 is 2.05 bits per heavy atom. The van der Waals surface area contributed by atoms with Gasteiger partial charge in [-0.05, 0) is 6.92 Å². The van der Waals surface area contributed by atoms with E-state index in [0.717, 1.165) is 19.6 Å². The molecule has 0 saturated carbocycles. The van der Waals surface area contributed by atoms with Crippen LogP contribution in [-0.2, 0) is 24.0 Å². The summed E-state index contributed by atoms with van der Waals surface area (Å²) in [5.41, 5.74) is 0. The largest absolute Gasteiger partial charge is 0.451 e. The fourth-order valence-electron chi connectivity index (χ4n) is 2.26. The van der Waals surface area contributed by atoms with Crippen LogP contribution in [0.25, 0.3) is 0 Å². The molecule has 0 radical (unpaired) electrons. The number of rotatable bonds is 7. The van der Waals surface area contributed by atoms with Gasteiger partial charge in [0.2, 0.25) is 5.82 Å². The summed E-state index contributed by atoms with van der Waals surface area (Å²) in [5.74, 6) is -0.519. The summed E-state index contributed by atoms with van der Waals surface area (Å²) in [4.78, 5) is 2.07. The number of nitrogens with one attached hydrogen (secondary N) is 1. The number of aromatic nitrogens is 3. The molecular weight excluding hydrogens is 287 g/mol. The molecular formula is C12H20F3N5O. The Bertz CT molecular complexity index is 449. The smallest absolute Gasteiger partial charge is 0.380 e. The first kappa shape index (κ1) is 16.2. The van der Waals surface area contributed by atoms with Gasteiger partial charge in [-0.2, -0.15) is 13.2 Å².